The molecule has 33 heavy (non-hydrogen) atoms. The normalized spacial score (nSPS) is 15.7. The first-order valence-corrected chi connectivity index (χ1v) is 10.5. The SMILES string of the molecule is Cc1cccc(F)c1-c1nnc(C(=O)N2CCc3[nH]cnc3[C@H]2c2cc3ccccc3o2)o1. The molecule has 5 aromatic rings. The number of furan rings is 1. The maximum atomic E-state index is 14.4. The van der Waals surface area contributed by atoms with Gasteiger partial charge < -0.3 is 18.7 Å². The molecule has 1 aliphatic rings. The molecule has 164 valence electrons. The molecular weight excluding hydrogens is 425 g/mol. The number of carbonyl (C=O) groups is 1. The molecule has 9 heteroatoms. The van der Waals surface area contributed by atoms with Crippen molar-refractivity contribution in [3.05, 3.63) is 89.3 Å². The summed E-state index contributed by atoms with van der Waals surface area (Å²) in [5.41, 5.74) is 3.19. The van der Waals surface area contributed by atoms with Crippen molar-refractivity contribution in [3.8, 4) is 11.5 Å². The fourth-order valence-electron chi connectivity index (χ4n) is 4.36. The van der Waals surface area contributed by atoms with Gasteiger partial charge in [-0.05, 0) is 30.7 Å². The van der Waals surface area contributed by atoms with Gasteiger partial charge in [-0.2, -0.15) is 0 Å². The van der Waals surface area contributed by atoms with Crippen molar-refractivity contribution in [2.24, 2.45) is 0 Å². The van der Waals surface area contributed by atoms with E-state index in [2.05, 4.69) is 20.2 Å². The minimum atomic E-state index is -0.564. The van der Waals surface area contributed by atoms with Gasteiger partial charge in [0.1, 0.15) is 23.2 Å². The van der Waals surface area contributed by atoms with Crippen LogP contribution in [0.1, 0.15) is 39.4 Å². The van der Waals surface area contributed by atoms with Crippen LogP contribution in [0.15, 0.2) is 63.7 Å². The largest absolute Gasteiger partial charge is 0.458 e. The lowest BCUT2D eigenvalue weighted by molar-refractivity contribution is 0.0632. The predicted molar refractivity (Wildman–Crippen MR) is 116 cm³/mol. The Bertz CT molecular complexity index is 1450. The molecule has 0 radical (unpaired) electrons. The van der Waals surface area contributed by atoms with E-state index in [-0.39, 0.29) is 17.3 Å². The molecule has 1 aliphatic heterocycles. The molecule has 1 atom stereocenters. The zero-order chi connectivity index (χ0) is 22.5. The summed E-state index contributed by atoms with van der Waals surface area (Å²) in [4.78, 5) is 22.7. The maximum absolute atomic E-state index is 14.4. The number of carbonyl (C=O) groups excluding carboxylic acids is 1. The number of amides is 1. The van der Waals surface area contributed by atoms with Crippen LogP contribution in [-0.4, -0.2) is 37.5 Å². The van der Waals surface area contributed by atoms with Gasteiger partial charge in [-0.1, -0.05) is 30.3 Å². The second-order valence-electron chi connectivity index (χ2n) is 7.95. The number of hydrogen-bond acceptors (Lipinski definition) is 6. The molecule has 0 bridgehead atoms. The smallest absolute Gasteiger partial charge is 0.312 e. The molecule has 8 nitrogen and oxygen atoms in total. The average molecular weight is 443 g/mol. The first-order chi connectivity index (χ1) is 16.1. The molecule has 0 aliphatic carbocycles. The summed E-state index contributed by atoms with van der Waals surface area (Å²) in [7, 11) is 0. The van der Waals surface area contributed by atoms with Gasteiger partial charge in [0.15, 0.2) is 0 Å². The Morgan fingerprint density at radius 2 is 2.03 bits per heavy atom. The van der Waals surface area contributed by atoms with Crippen molar-refractivity contribution >= 4 is 16.9 Å². The number of aryl methyl sites for hydroxylation is 1. The minimum absolute atomic E-state index is 0.0355. The van der Waals surface area contributed by atoms with Gasteiger partial charge in [-0.15, -0.1) is 10.2 Å². The van der Waals surface area contributed by atoms with Crippen LogP contribution in [0.4, 0.5) is 4.39 Å². The van der Waals surface area contributed by atoms with Gasteiger partial charge in [0, 0.05) is 24.0 Å². The molecule has 0 fully saturated rings. The molecular formula is C24H18FN5O3. The summed E-state index contributed by atoms with van der Waals surface area (Å²) in [6, 6.07) is 13.6. The van der Waals surface area contributed by atoms with Crippen molar-refractivity contribution in [1.82, 2.24) is 25.1 Å². The van der Waals surface area contributed by atoms with Crippen molar-refractivity contribution in [2.75, 3.05) is 6.54 Å². The highest BCUT2D eigenvalue weighted by atomic mass is 19.1. The molecule has 0 spiro atoms. The average Bonchev–Trinajstić information content (AvgIpc) is 3.56. The number of para-hydroxylation sites is 1. The number of aromatic amines is 1. The molecule has 1 amide bonds. The van der Waals surface area contributed by atoms with Gasteiger partial charge in [0.05, 0.1) is 17.6 Å². The highest BCUT2D eigenvalue weighted by Crippen LogP contribution is 2.37. The zero-order valence-electron chi connectivity index (χ0n) is 17.6. The first kappa shape index (κ1) is 19.4. The molecule has 2 aromatic carbocycles. The molecule has 1 N–H and O–H groups in total. The lowest BCUT2D eigenvalue weighted by atomic mass is 10.00. The standard InChI is InChI=1S/C24H18FN5O3/c1-13-5-4-7-15(25)19(13)22-28-29-23(33-22)24(31)30-10-9-16-20(27-12-26-16)21(30)18-11-14-6-2-3-8-17(14)32-18/h2-8,11-12,21H,9-10H2,1H3,(H,26,27)/t21-/m1/s1. The summed E-state index contributed by atoms with van der Waals surface area (Å²) in [5.74, 6) is -0.625. The van der Waals surface area contributed by atoms with Crippen molar-refractivity contribution in [1.29, 1.82) is 0 Å². The number of benzene rings is 2. The number of hydrogen-bond donors (Lipinski definition) is 1. The van der Waals surface area contributed by atoms with Gasteiger partial charge in [-0.3, -0.25) is 4.79 Å². The van der Waals surface area contributed by atoms with E-state index in [1.54, 1.807) is 30.3 Å². The molecule has 0 saturated carbocycles. The number of aromatic nitrogens is 4. The highest BCUT2D eigenvalue weighted by Gasteiger charge is 2.38. The zero-order valence-corrected chi connectivity index (χ0v) is 17.6. The number of rotatable bonds is 3. The second-order valence-corrected chi connectivity index (χ2v) is 7.95. The minimum Gasteiger partial charge on any atom is -0.458 e. The van der Waals surface area contributed by atoms with Crippen LogP contribution in [0.5, 0.6) is 0 Å². The number of halogens is 1. The van der Waals surface area contributed by atoms with Gasteiger partial charge in [0.2, 0.25) is 0 Å². The fourth-order valence-corrected chi connectivity index (χ4v) is 4.36. The Kier molecular flexibility index (Phi) is 4.36. The maximum Gasteiger partial charge on any atom is 0.312 e. The number of nitrogens with one attached hydrogen (secondary N) is 1. The lowest BCUT2D eigenvalue weighted by Gasteiger charge is -2.32. The van der Waals surface area contributed by atoms with Crippen LogP contribution in [0, 0.1) is 12.7 Å². The van der Waals surface area contributed by atoms with Crippen LogP contribution in [-0.2, 0) is 6.42 Å². The third kappa shape index (κ3) is 3.12. The number of H-pyrrole nitrogens is 1. The quantitative estimate of drug-likeness (QED) is 0.442. The molecule has 0 unspecified atom stereocenters. The van der Waals surface area contributed by atoms with E-state index < -0.39 is 17.8 Å². The Labute approximate surface area is 187 Å². The first-order valence-electron chi connectivity index (χ1n) is 10.5. The van der Waals surface area contributed by atoms with E-state index >= 15 is 0 Å². The van der Waals surface area contributed by atoms with E-state index in [1.165, 1.54) is 6.07 Å². The summed E-state index contributed by atoms with van der Waals surface area (Å²) < 4.78 is 26.1. The van der Waals surface area contributed by atoms with E-state index in [4.69, 9.17) is 8.83 Å². The lowest BCUT2D eigenvalue weighted by Crippen LogP contribution is -2.40. The van der Waals surface area contributed by atoms with Gasteiger partial charge >= 0.3 is 11.8 Å². The monoisotopic (exact) mass is 443 g/mol. The van der Waals surface area contributed by atoms with Crippen LogP contribution in [0.25, 0.3) is 22.4 Å². The Morgan fingerprint density at radius 1 is 1.15 bits per heavy atom. The molecule has 6 rings (SSSR count). The molecule has 0 saturated heterocycles. The third-order valence-corrected chi connectivity index (χ3v) is 5.94. The van der Waals surface area contributed by atoms with Crippen LogP contribution >= 0.6 is 0 Å². The van der Waals surface area contributed by atoms with E-state index in [1.807, 2.05) is 30.3 Å². The van der Waals surface area contributed by atoms with E-state index in [9.17, 15) is 9.18 Å². The van der Waals surface area contributed by atoms with Crippen LogP contribution in [0.2, 0.25) is 0 Å². The topological polar surface area (TPSA) is 101 Å². The summed E-state index contributed by atoms with van der Waals surface area (Å²) in [5, 5.41) is 8.80. The number of nitrogens with zero attached hydrogens (tertiary/aromatic N) is 4. The fraction of sp³-hybridized carbons (Fsp3) is 0.167. The highest BCUT2D eigenvalue weighted by molar-refractivity contribution is 5.91. The Hall–Kier alpha value is -4.27. The Morgan fingerprint density at radius 3 is 2.88 bits per heavy atom. The Balaban J connectivity index is 1.41. The summed E-state index contributed by atoms with van der Waals surface area (Å²) in [6.45, 7) is 2.14. The molecule has 3 aromatic heterocycles. The predicted octanol–water partition coefficient (Wildman–Crippen LogP) is 4.44. The molecule has 4 heterocycles. The van der Waals surface area contributed by atoms with E-state index in [0.29, 0.717) is 30.0 Å². The van der Waals surface area contributed by atoms with E-state index in [0.717, 1.165) is 16.7 Å². The van der Waals surface area contributed by atoms with Gasteiger partial charge in [0.25, 0.3) is 5.89 Å². The van der Waals surface area contributed by atoms with Crippen LogP contribution < -0.4 is 0 Å². The number of fused-ring (bicyclic) bond motifs is 2. The van der Waals surface area contributed by atoms with Crippen LogP contribution in [0.3, 0.4) is 0 Å². The summed E-state index contributed by atoms with van der Waals surface area (Å²) >= 11 is 0. The van der Waals surface area contributed by atoms with Crippen molar-refractivity contribution in [2.45, 2.75) is 19.4 Å². The second kappa shape index (κ2) is 7.40. The van der Waals surface area contributed by atoms with Gasteiger partial charge in [-0.25, -0.2) is 9.37 Å². The summed E-state index contributed by atoms with van der Waals surface area (Å²) in [6.07, 6.45) is 2.20. The van der Waals surface area contributed by atoms with Crippen molar-refractivity contribution < 1.29 is 18.0 Å². The third-order valence-electron chi connectivity index (χ3n) is 5.94. The van der Waals surface area contributed by atoms with Crippen molar-refractivity contribution in [3.63, 3.8) is 0 Å². The number of imidazole rings is 1.